The lowest BCUT2D eigenvalue weighted by Gasteiger charge is -2.07. The van der Waals surface area contributed by atoms with Crippen molar-refractivity contribution in [1.29, 1.82) is 0 Å². The fraction of sp³-hybridized carbons (Fsp3) is 0.667. The Morgan fingerprint density at radius 1 is 1.64 bits per heavy atom. The Morgan fingerprint density at radius 2 is 2.36 bits per heavy atom. The van der Waals surface area contributed by atoms with Gasteiger partial charge in [0.25, 0.3) is 0 Å². The fourth-order valence-corrected chi connectivity index (χ4v) is 1.17. The summed E-state index contributed by atoms with van der Waals surface area (Å²) in [6, 6.07) is 0.201. The number of aromatic nitrogens is 3. The molecule has 1 aromatic heterocycles. The molecule has 0 unspecified atom stereocenters. The van der Waals surface area contributed by atoms with Crippen molar-refractivity contribution in [2.75, 3.05) is 0 Å². The summed E-state index contributed by atoms with van der Waals surface area (Å²) in [5, 5.41) is 10.4. The third-order valence-electron chi connectivity index (χ3n) is 1.87. The van der Waals surface area contributed by atoms with Crippen molar-refractivity contribution in [2.45, 2.75) is 32.7 Å². The van der Waals surface area contributed by atoms with Crippen LogP contribution in [0.3, 0.4) is 0 Å². The maximum absolute atomic E-state index is 11.3. The Labute approximate surface area is 83.5 Å². The van der Waals surface area contributed by atoms with E-state index in [9.17, 15) is 4.79 Å². The minimum atomic E-state index is 0.0706. The molecule has 0 fully saturated rings. The SMILES string of the molecule is CC(C)NC(=O)CCc1cnnn1C. The summed E-state index contributed by atoms with van der Waals surface area (Å²) in [6.45, 7) is 3.90. The van der Waals surface area contributed by atoms with E-state index in [0.717, 1.165) is 5.69 Å². The number of carbonyl (C=O) groups excluding carboxylic acids is 1. The average Bonchev–Trinajstić information content (AvgIpc) is 2.46. The summed E-state index contributed by atoms with van der Waals surface area (Å²) >= 11 is 0. The molecule has 0 atom stereocenters. The first-order valence-electron chi connectivity index (χ1n) is 4.72. The number of rotatable bonds is 4. The minimum Gasteiger partial charge on any atom is -0.354 e. The van der Waals surface area contributed by atoms with Gasteiger partial charge in [-0.1, -0.05) is 5.21 Å². The molecule has 0 aliphatic rings. The van der Waals surface area contributed by atoms with Crippen LogP contribution in [0.5, 0.6) is 0 Å². The highest BCUT2D eigenvalue weighted by Crippen LogP contribution is 1.98. The van der Waals surface area contributed by atoms with Gasteiger partial charge in [0.1, 0.15) is 0 Å². The fourth-order valence-electron chi connectivity index (χ4n) is 1.17. The lowest BCUT2D eigenvalue weighted by Crippen LogP contribution is -2.30. The van der Waals surface area contributed by atoms with Crippen molar-refractivity contribution in [2.24, 2.45) is 7.05 Å². The zero-order valence-electron chi connectivity index (χ0n) is 8.82. The van der Waals surface area contributed by atoms with Crippen LogP contribution in [-0.4, -0.2) is 26.9 Å². The summed E-state index contributed by atoms with van der Waals surface area (Å²) in [6.07, 6.45) is 2.85. The Balaban J connectivity index is 2.34. The van der Waals surface area contributed by atoms with Crippen molar-refractivity contribution in [3.05, 3.63) is 11.9 Å². The Bertz CT molecular complexity index is 306. The highest BCUT2D eigenvalue weighted by atomic mass is 16.1. The second-order valence-electron chi connectivity index (χ2n) is 3.57. The number of amides is 1. The number of aryl methyl sites for hydroxylation is 2. The molecule has 0 aliphatic heterocycles. The van der Waals surface area contributed by atoms with Crippen molar-refractivity contribution in [3.8, 4) is 0 Å². The van der Waals surface area contributed by atoms with Gasteiger partial charge in [-0.05, 0) is 20.3 Å². The van der Waals surface area contributed by atoms with Gasteiger partial charge in [0.15, 0.2) is 0 Å². The molecule has 0 spiro atoms. The van der Waals surface area contributed by atoms with Gasteiger partial charge in [-0.25, -0.2) is 0 Å². The molecule has 1 aromatic rings. The third kappa shape index (κ3) is 3.16. The molecule has 1 heterocycles. The van der Waals surface area contributed by atoms with Crippen LogP contribution in [0, 0.1) is 0 Å². The molecule has 1 N–H and O–H groups in total. The number of carbonyl (C=O) groups is 1. The number of nitrogens with one attached hydrogen (secondary N) is 1. The maximum Gasteiger partial charge on any atom is 0.220 e. The molecule has 1 rings (SSSR count). The summed E-state index contributed by atoms with van der Waals surface area (Å²) < 4.78 is 1.68. The first-order valence-corrected chi connectivity index (χ1v) is 4.72. The Hall–Kier alpha value is -1.39. The van der Waals surface area contributed by atoms with E-state index in [1.54, 1.807) is 10.9 Å². The van der Waals surface area contributed by atoms with E-state index in [1.165, 1.54) is 0 Å². The molecule has 0 aliphatic carbocycles. The molecule has 78 valence electrons. The molecule has 0 saturated heterocycles. The second kappa shape index (κ2) is 4.74. The van der Waals surface area contributed by atoms with Crippen molar-refractivity contribution < 1.29 is 4.79 Å². The van der Waals surface area contributed by atoms with Crippen LogP contribution in [0.4, 0.5) is 0 Å². The van der Waals surface area contributed by atoms with Crippen molar-refractivity contribution in [3.63, 3.8) is 0 Å². The Morgan fingerprint density at radius 3 is 2.86 bits per heavy atom. The highest BCUT2D eigenvalue weighted by molar-refractivity contribution is 5.76. The van der Waals surface area contributed by atoms with Crippen LogP contribution in [0.15, 0.2) is 6.20 Å². The molecule has 0 aromatic carbocycles. The predicted octanol–water partition coefficient (Wildman–Crippen LogP) is 0.272. The molecule has 1 amide bonds. The van der Waals surface area contributed by atoms with E-state index in [1.807, 2.05) is 20.9 Å². The molecule has 5 heteroatoms. The van der Waals surface area contributed by atoms with Crippen LogP contribution < -0.4 is 5.32 Å². The molecule has 5 nitrogen and oxygen atoms in total. The monoisotopic (exact) mass is 196 g/mol. The first kappa shape index (κ1) is 10.7. The van der Waals surface area contributed by atoms with Crippen molar-refractivity contribution >= 4 is 5.91 Å². The number of hydrogen-bond donors (Lipinski definition) is 1. The molecular weight excluding hydrogens is 180 g/mol. The van der Waals surface area contributed by atoms with Gasteiger partial charge in [0.05, 0.1) is 11.9 Å². The van der Waals surface area contributed by atoms with Gasteiger partial charge in [0.2, 0.25) is 5.91 Å². The van der Waals surface area contributed by atoms with Gasteiger partial charge >= 0.3 is 0 Å². The number of hydrogen-bond acceptors (Lipinski definition) is 3. The zero-order valence-corrected chi connectivity index (χ0v) is 8.82. The molecule has 0 bridgehead atoms. The van der Waals surface area contributed by atoms with E-state index in [0.29, 0.717) is 12.8 Å². The standard InChI is InChI=1S/C9H16N4O/c1-7(2)11-9(14)5-4-8-6-10-12-13(8)3/h6-7H,4-5H2,1-3H3,(H,11,14). The van der Waals surface area contributed by atoms with E-state index in [2.05, 4.69) is 15.6 Å². The third-order valence-corrected chi connectivity index (χ3v) is 1.87. The van der Waals surface area contributed by atoms with Crippen molar-refractivity contribution in [1.82, 2.24) is 20.3 Å². The largest absolute Gasteiger partial charge is 0.354 e. The van der Waals surface area contributed by atoms with Crippen LogP contribution in [0.25, 0.3) is 0 Å². The van der Waals surface area contributed by atoms with Gasteiger partial charge in [-0.15, -0.1) is 5.10 Å². The normalized spacial score (nSPS) is 10.6. The predicted molar refractivity (Wildman–Crippen MR) is 52.6 cm³/mol. The van der Waals surface area contributed by atoms with Crippen LogP contribution in [0.1, 0.15) is 26.0 Å². The van der Waals surface area contributed by atoms with Gasteiger partial charge < -0.3 is 5.32 Å². The summed E-state index contributed by atoms with van der Waals surface area (Å²) in [5.74, 6) is 0.0706. The first-order chi connectivity index (χ1) is 6.59. The lowest BCUT2D eigenvalue weighted by atomic mass is 10.2. The molecule has 0 radical (unpaired) electrons. The smallest absolute Gasteiger partial charge is 0.220 e. The average molecular weight is 196 g/mol. The second-order valence-corrected chi connectivity index (χ2v) is 3.57. The summed E-state index contributed by atoms with van der Waals surface area (Å²) in [5.41, 5.74) is 0.976. The summed E-state index contributed by atoms with van der Waals surface area (Å²) in [4.78, 5) is 11.3. The van der Waals surface area contributed by atoms with E-state index >= 15 is 0 Å². The van der Waals surface area contributed by atoms with Gasteiger partial charge in [-0.2, -0.15) is 0 Å². The highest BCUT2D eigenvalue weighted by Gasteiger charge is 2.05. The van der Waals surface area contributed by atoms with Crippen LogP contribution in [0.2, 0.25) is 0 Å². The lowest BCUT2D eigenvalue weighted by molar-refractivity contribution is -0.121. The minimum absolute atomic E-state index is 0.0706. The molecule has 0 saturated carbocycles. The maximum atomic E-state index is 11.3. The quantitative estimate of drug-likeness (QED) is 0.752. The molecular formula is C9H16N4O. The topological polar surface area (TPSA) is 59.8 Å². The van der Waals surface area contributed by atoms with E-state index < -0.39 is 0 Å². The van der Waals surface area contributed by atoms with Crippen LogP contribution >= 0.6 is 0 Å². The van der Waals surface area contributed by atoms with Crippen LogP contribution in [-0.2, 0) is 18.3 Å². The van der Waals surface area contributed by atoms with Gasteiger partial charge in [-0.3, -0.25) is 9.48 Å². The van der Waals surface area contributed by atoms with E-state index in [-0.39, 0.29) is 11.9 Å². The van der Waals surface area contributed by atoms with Gasteiger partial charge in [0, 0.05) is 19.5 Å². The Kier molecular flexibility index (Phi) is 3.62. The zero-order chi connectivity index (χ0) is 10.6. The molecule has 14 heavy (non-hydrogen) atoms. The number of nitrogens with zero attached hydrogens (tertiary/aromatic N) is 3. The van der Waals surface area contributed by atoms with E-state index in [4.69, 9.17) is 0 Å². The summed E-state index contributed by atoms with van der Waals surface area (Å²) in [7, 11) is 1.82.